The summed E-state index contributed by atoms with van der Waals surface area (Å²) in [6, 6.07) is 12.0. The van der Waals surface area contributed by atoms with Gasteiger partial charge in [0.1, 0.15) is 17.6 Å². The van der Waals surface area contributed by atoms with Crippen molar-refractivity contribution in [3.05, 3.63) is 64.7 Å². The van der Waals surface area contributed by atoms with Gasteiger partial charge in [0.15, 0.2) is 9.84 Å². The van der Waals surface area contributed by atoms with Crippen LogP contribution in [0.1, 0.15) is 12.0 Å². The lowest BCUT2D eigenvalue weighted by atomic mass is 10.0. The fourth-order valence-corrected chi connectivity index (χ4v) is 4.69. The average molecular weight is 437 g/mol. The lowest BCUT2D eigenvalue weighted by Gasteiger charge is -2.30. The van der Waals surface area contributed by atoms with Gasteiger partial charge in [-0.25, -0.2) is 13.4 Å². The number of anilines is 1. The molecule has 2 aromatic heterocycles. The zero-order valence-corrected chi connectivity index (χ0v) is 17.6. The van der Waals surface area contributed by atoms with Gasteiger partial charge in [-0.3, -0.25) is 14.2 Å². The molecule has 5 rings (SSSR count). The Balaban J connectivity index is 1.49. The Bertz CT molecular complexity index is 1520. The summed E-state index contributed by atoms with van der Waals surface area (Å²) < 4.78 is 30.6. The average Bonchev–Trinajstić information content (AvgIpc) is 3.13. The normalized spacial score (nSPS) is 14.2. The first-order valence-electron chi connectivity index (χ1n) is 9.83. The maximum atomic E-state index is 13.1. The van der Waals surface area contributed by atoms with E-state index in [0.717, 1.165) is 17.2 Å². The molecule has 31 heavy (non-hydrogen) atoms. The van der Waals surface area contributed by atoms with Crippen molar-refractivity contribution >= 4 is 43.5 Å². The predicted molar refractivity (Wildman–Crippen MR) is 116 cm³/mol. The van der Waals surface area contributed by atoms with E-state index < -0.39 is 15.4 Å². The van der Waals surface area contributed by atoms with Gasteiger partial charge in [-0.1, -0.05) is 12.1 Å². The van der Waals surface area contributed by atoms with E-state index in [1.807, 2.05) is 18.2 Å². The Labute approximate surface area is 177 Å². The molecule has 0 saturated carbocycles. The fourth-order valence-electron chi connectivity index (χ4n) is 4.02. The van der Waals surface area contributed by atoms with Crippen LogP contribution in [-0.4, -0.2) is 36.7 Å². The standard InChI is InChI=1S/C22H19N3O5S/c1-31(28,29)15-8-9-17-14(11-15)5-4-10-25(17)19(26)12-24-13-23-20-16-6-2-3-7-18(16)30-21(20)22(24)27/h2-3,6-9,11,13H,4-5,10,12H2,1H3. The topological polar surface area (TPSA) is 102 Å². The molecule has 0 saturated heterocycles. The largest absolute Gasteiger partial charge is 0.448 e. The molecule has 0 spiro atoms. The SMILES string of the molecule is CS(=O)(=O)c1ccc2c(c1)CCCN2C(=O)Cn1cnc2c(oc3ccccc32)c1=O. The quantitative estimate of drug-likeness (QED) is 0.488. The van der Waals surface area contributed by atoms with Crippen LogP contribution in [0.3, 0.4) is 0 Å². The van der Waals surface area contributed by atoms with E-state index >= 15 is 0 Å². The first-order chi connectivity index (χ1) is 14.8. The number of sulfone groups is 1. The molecular formula is C22H19N3O5S. The van der Waals surface area contributed by atoms with Crippen molar-refractivity contribution in [2.75, 3.05) is 17.7 Å². The number of aromatic nitrogens is 2. The molecule has 0 unspecified atom stereocenters. The summed E-state index contributed by atoms with van der Waals surface area (Å²) in [5.74, 6) is -0.271. The second-order valence-electron chi connectivity index (χ2n) is 7.67. The molecule has 0 fully saturated rings. The number of carbonyl (C=O) groups is 1. The summed E-state index contributed by atoms with van der Waals surface area (Å²) in [5.41, 5.74) is 2.22. The molecule has 2 aromatic carbocycles. The molecule has 1 aliphatic rings. The van der Waals surface area contributed by atoms with Crippen molar-refractivity contribution in [2.45, 2.75) is 24.3 Å². The van der Waals surface area contributed by atoms with Crippen molar-refractivity contribution in [3.8, 4) is 0 Å². The van der Waals surface area contributed by atoms with Crippen LogP contribution in [0, 0.1) is 0 Å². The molecular weight excluding hydrogens is 418 g/mol. The van der Waals surface area contributed by atoms with Crippen LogP contribution in [0.5, 0.6) is 0 Å². The third-order valence-corrected chi connectivity index (χ3v) is 6.67. The van der Waals surface area contributed by atoms with Crippen LogP contribution >= 0.6 is 0 Å². The van der Waals surface area contributed by atoms with Gasteiger partial charge in [0.2, 0.25) is 11.5 Å². The number of furan rings is 1. The van der Waals surface area contributed by atoms with Crippen LogP contribution in [0.15, 0.2) is 62.9 Å². The molecule has 3 heterocycles. The minimum Gasteiger partial charge on any atom is -0.448 e. The molecule has 1 aliphatic heterocycles. The lowest BCUT2D eigenvalue weighted by Crippen LogP contribution is -2.39. The zero-order valence-electron chi connectivity index (χ0n) is 16.7. The zero-order chi connectivity index (χ0) is 21.8. The Hall–Kier alpha value is -3.46. The van der Waals surface area contributed by atoms with Gasteiger partial charge in [0.25, 0.3) is 5.56 Å². The van der Waals surface area contributed by atoms with Crippen molar-refractivity contribution in [3.63, 3.8) is 0 Å². The predicted octanol–water partition coefficient (Wildman–Crippen LogP) is 2.53. The molecule has 0 radical (unpaired) electrons. The van der Waals surface area contributed by atoms with Crippen LogP contribution in [0.25, 0.3) is 22.1 Å². The van der Waals surface area contributed by atoms with Crippen molar-refractivity contribution < 1.29 is 17.6 Å². The van der Waals surface area contributed by atoms with Crippen LogP contribution in [0.4, 0.5) is 5.69 Å². The Kier molecular flexibility index (Phi) is 4.44. The highest BCUT2D eigenvalue weighted by Gasteiger charge is 2.25. The van der Waals surface area contributed by atoms with Gasteiger partial charge in [-0.05, 0) is 48.7 Å². The minimum atomic E-state index is -3.33. The van der Waals surface area contributed by atoms with Crippen molar-refractivity contribution in [1.82, 2.24) is 9.55 Å². The smallest absolute Gasteiger partial charge is 0.297 e. The highest BCUT2D eigenvalue weighted by molar-refractivity contribution is 7.90. The number of hydrogen-bond acceptors (Lipinski definition) is 6. The lowest BCUT2D eigenvalue weighted by molar-refractivity contribution is -0.119. The number of fused-ring (bicyclic) bond motifs is 4. The van der Waals surface area contributed by atoms with Gasteiger partial charge in [-0.15, -0.1) is 0 Å². The number of rotatable bonds is 3. The number of hydrogen-bond donors (Lipinski definition) is 0. The van der Waals surface area contributed by atoms with Gasteiger partial charge in [-0.2, -0.15) is 0 Å². The van der Waals surface area contributed by atoms with Crippen LogP contribution in [0.2, 0.25) is 0 Å². The summed E-state index contributed by atoms with van der Waals surface area (Å²) in [4.78, 5) is 32.1. The molecule has 4 aromatic rings. The van der Waals surface area contributed by atoms with Gasteiger partial charge < -0.3 is 9.32 Å². The Morgan fingerprint density at radius 1 is 1.19 bits per heavy atom. The molecule has 0 atom stereocenters. The molecule has 0 N–H and O–H groups in total. The van der Waals surface area contributed by atoms with Gasteiger partial charge in [0.05, 0.1) is 11.2 Å². The number of para-hydroxylation sites is 1. The molecule has 0 aliphatic carbocycles. The second-order valence-corrected chi connectivity index (χ2v) is 9.68. The number of aryl methyl sites for hydroxylation is 1. The molecule has 9 heteroatoms. The van der Waals surface area contributed by atoms with E-state index in [1.54, 1.807) is 23.1 Å². The fraction of sp³-hybridized carbons (Fsp3) is 0.227. The van der Waals surface area contributed by atoms with Gasteiger partial charge in [0, 0.05) is 23.9 Å². The number of benzene rings is 2. The van der Waals surface area contributed by atoms with E-state index in [9.17, 15) is 18.0 Å². The molecule has 0 bridgehead atoms. The molecule has 8 nitrogen and oxygen atoms in total. The minimum absolute atomic E-state index is 0.119. The number of nitrogens with zero attached hydrogens (tertiary/aromatic N) is 3. The third-order valence-electron chi connectivity index (χ3n) is 5.56. The molecule has 158 valence electrons. The van der Waals surface area contributed by atoms with E-state index in [0.29, 0.717) is 36.2 Å². The van der Waals surface area contributed by atoms with Gasteiger partial charge >= 0.3 is 0 Å². The Morgan fingerprint density at radius 3 is 2.81 bits per heavy atom. The third kappa shape index (κ3) is 3.31. The van der Waals surface area contributed by atoms with Crippen LogP contribution < -0.4 is 10.5 Å². The summed E-state index contributed by atoms with van der Waals surface area (Å²) in [6.45, 7) is 0.311. The number of amides is 1. The van der Waals surface area contributed by atoms with Crippen molar-refractivity contribution in [1.29, 1.82) is 0 Å². The van der Waals surface area contributed by atoms with E-state index in [2.05, 4.69) is 4.98 Å². The van der Waals surface area contributed by atoms with Crippen LogP contribution in [-0.2, 0) is 27.6 Å². The van der Waals surface area contributed by atoms with Crippen molar-refractivity contribution in [2.24, 2.45) is 0 Å². The van der Waals surface area contributed by atoms with E-state index in [4.69, 9.17) is 4.42 Å². The monoisotopic (exact) mass is 437 g/mol. The Morgan fingerprint density at radius 2 is 2.00 bits per heavy atom. The summed E-state index contributed by atoms with van der Waals surface area (Å²) >= 11 is 0. The highest BCUT2D eigenvalue weighted by Crippen LogP contribution is 2.30. The molecule has 1 amide bonds. The summed E-state index contributed by atoms with van der Waals surface area (Å²) in [6.07, 6.45) is 3.92. The maximum Gasteiger partial charge on any atom is 0.297 e. The van der Waals surface area contributed by atoms with E-state index in [1.165, 1.54) is 17.0 Å². The van der Waals surface area contributed by atoms with E-state index in [-0.39, 0.29) is 22.9 Å². The maximum absolute atomic E-state index is 13.1. The number of carbonyl (C=O) groups excluding carboxylic acids is 1. The summed E-state index contributed by atoms with van der Waals surface area (Å²) in [5, 5.41) is 0.750. The second kappa shape index (κ2) is 7.05. The first-order valence-corrected chi connectivity index (χ1v) is 11.7. The highest BCUT2D eigenvalue weighted by atomic mass is 32.2. The first kappa shape index (κ1) is 19.5. The summed E-state index contributed by atoms with van der Waals surface area (Å²) in [7, 11) is -3.33.